The second-order valence-corrected chi connectivity index (χ2v) is 7.30. The second-order valence-electron chi connectivity index (χ2n) is 4.83. The molecule has 0 amide bonds. The van der Waals surface area contributed by atoms with Crippen LogP contribution in [0.4, 0.5) is 0 Å². The lowest BCUT2D eigenvalue weighted by molar-refractivity contribution is 0.127. The van der Waals surface area contributed by atoms with Crippen LogP contribution in [0.2, 0.25) is 0 Å². The van der Waals surface area contributed by atoms with Gasteiger partial charge in [0.05, 0.1) is 17.1 Å². The Kier molecular flexibility index (Phi) is 6.44. The maximum absolute atomic E-state index is 12.0. The van der Waals surface area contributed by atoms with E-state index in [9.17, 15) is 8.42 Å². The number of hydrogen-bond acceptors (Lipinski definition) is 4. The van der Waals surface area contributed by atoms with Gasteiger partial charge < -0.3 is 10.1 Å². The first-order chi connectivity index (χ1) is 8.06. The van der Waals surface area contributed by atoms with Gasteiger partial charge in [0.15, 0.2) is 9.84 Å². The molecule has 1 aliphatic heterocycles. The smallest absolute Gasteiger partial charge is 0.156 e. The molecule has 17 heavy (non-hydrogen) atoms. The van der Waals surface area contributed by atoms with Gasteiger partial charge in [0.2, 0.25) is 0 Å². The molecular formula is C12H25NO3S. The summed E-state index contributed by atoms with van der Waals surface area (Å²) in [4.78, 5) is 0. The molecule has 1 heterocycles. The van der Waals surface area contributed by atoms with E-state index in [0.29, 0.717) is 13.2 Å². The first-order valence-electron chi connectivity index (χ1n) is 6.60. The van der Waals surface area contributed by atoms with Crippen molar-refractivity contribution >= 4 is 9.84 Å². The van der Waals surface area contributed by atoms with Crippen molar-refractivity contribution < 1.29 is 13.2 Å². The van der Waals surface area contributed by atoms with Gasteiger partial charge in [-0.15, -0.1) is 0 Å². The van der Waals surface area contributed by atoms with Gasteiger partial charge in [-0.05, 0) is 32.7 Å². The standard InChI is InChI=1S/C12H25NO3S/c1-3-4-7-13-9-11(2)17(14,15)10-12-6-5-8-16-12/h11-13H,3-10H2,1-2H3. The van der Waals surface area contributed by atoms with Gasteiger partial charge in [-0.2, -0.15) is 0 Å². The van der Waals surface area contributed by atoms with E-state index in [2.05, 4.69) is 12.2 Å². The Hall–Kier alpha value is -0.130. The lowest BCUT2D eigenvalue weighted by atomic mass is 10.3. The minimum Gasteiger partial charge on any atom is -0.377 e. The summed E-state index contributed by atoms with van der Waals surface area (Å²) in [6.45, 7) is 6.07. The van der Waals surface area contributed by atoms with E-state index in [-0.39, 0.29) is 17.1 Å². The maximum atomic E-state index is 12.0. The number of hydrogen-bond donors (Lipinski definition) is 1. The number of ether oxygens (including phenoxy) is 1. The molecule has 4 nitrogen and oxygen atoms in total. The van der Waals surface area contributed by atoms with Gasteiger partial charge in [0.25, 0.3) is 0 Å². The fourth-order valence-corrected chi connectivity index (χ4v) is 3.41. The first-order valence-corrected chi connectivity index (χ1v) is 8.31. The van der Waals surface area contributed by atoms with Crippen LogP contribution in [0.25, 0.3) is 0 Å². The normalized spacial score (nSPS) is 22.8. The molecule has 0 saturated carbocycles. The Morgan fingerprint density at radius 2 is 2.24 bits per heavy atom. The molecule has 2 atom stereocenters. The molecular weight excluding hydrogens is 238 g/mol. The molecule has 0 bridgehead atoms. The molecule has 1 N–H and O–H groups in total. The molecule has 102 valence electrons. The van der Waals surface area contributed by atoms with Crippen molar-refractivity contribution in [2.45, 2.75) is 50.9 Å². The van der Waals surface area contributed by atoms with Crippen molar-refractivity contribution in [3.63, 3.8) is 0 Å². The maximum Gasteiger partial charge on any atom is 0.156 e. The molecule has 0 aromatic carbocycles. The van der Waals surface area contributed by atoms with Gasteiger partial charge >= 0.3 is 0 Å². The lowest BCUT2D eigenvalue weighted by Crippen LogP contribution is -2.35. The number of unbranched alkanes of at least 4 members (excludes halogenated alkanes) is 1. The highest BCUT2D eigenvalue weighted by Gasteiger charge is 2.27. The van der Waals surface area contributed by atoms with Crippen LogP contribution in [0.3, 0.4) is 0 Å². The zero-order valence-corrected chi connectivity index (χ0v) is 11.8. The predicted molar refractivity (Wildman–Crippen MR) is 70.0 cm³/mol. The van der Waals surface area contributed by atoms with Crippen LogP contribution >= 0.6 is 0 Å². The Morgan fingerprint density at radius 1 is 1.47 bits per heavy atom. The molecule has 2 unspecified atom stereocenters. The molecule has 0 spiro atoms. The highest BCUT2D eigenvalue weighted by atomic mass is 32.2. The Balaban J connectivity index is 2.29. The van der Waals surface area contributed by atoms with Gasteiger partial charge in [0.1, 0.15) is 0 Å². The summed E-state index contributed by atoms with van der Waals surface area (Å²) in [7, 11) is -3.02. The van der Waals surface area contributed by atoms with Crippen molar-refractivity contribution in [2.75, 3.05) is 25.4 Å². The van der Waals surface area contributed by atoms with Crippen LogP contribution in [0.5, 0.6) is 0 Å². The van der Waals surface area contributed by atoms with Crippen LogP contribution in [0.1, 0.15) is 39.5 Å². The average molecular weight is 263 g/mol. The minimum atomic E-state index is -3.02. The zero-order chi connectivity index (χ0) is 12.7. The van der Waals surface area contributed by atoms with Crippen molar-refractivity contribution in [1.82, 2.24) is 5.32 Å². The minimum absolute atomic E-state index is 0.0712. The van der Waals surface area contributed by atoms with Gasteiger partial charge in [-0.25, -0.2) is 8.42 Å². The van der Waals surface area contributed by atoms with E-state index in [0.717, 1.165) is 32.2 Å². The largest absolute Gasteiger partial charge is 0.377 e. The zero-order valence-electron chi connectivity index (χ0n) is 10.9. The molecule has 0 aromatic heterocycles. The third-order valence-electron chi connectivity index (χ3n) is 3.19. The van der Waals surface area contributed by atoms with Crippen molar-refractivity contribution in [2.24, 2.45) is 0 Å². The summed E-state index contributed by atoms with van der Waals surface area (Å²) in [6, 6.07) is 0. The summed E-state index contributed by atoms with van der Waals surface area (Å²) >= 11 is 0. The average Bonchev–Trinajstić information content (AvgIpc) is 2.76. The van der Waals surface area contributed by atoms with Crippen LogP contribution < -0.4 is 5.32 Å². The fourth-order valence-electron chi connectivity index (χ4n) is 1.93. The monoisotopic (exact) mass is 263 g/mol. The van der Waals surface area contributed by atoms with E-state index >= 15 is 0 Å². The Morgan fingerprint density at radius 3 is 2.82 bits per heavy atom. The van der Waals surface area contributed by atoms with E-state index in [4.69, 9.17) is 4.74 Å². The van der Waals surface area contributed by atoms with Crippen molar-refractivity contribution in [3.8, 4) is 0 Å². The molecule has 0 radical (unpaired) electrons. The van der Waals surface area contributed by atoms with Crippen LogP contribution in [-0.2, 0) is 14.6 Å². The summed E-state index contributed by atoms with van der Waals surface area (Å²) < 4.78 is 29.4. The van der Waals surface area contributed by atoms with Crippen LogP contribution in [0.15, 0.2) is 0 Å². The number of nitrogens with one attached hydrogen (secondary N) is 1. The van der Waals surface area contributed by atoms with E-state index in [1.54, 1.807) is 6.92 Å². The quantitative estimate of drug-likeness (QED) is 0.672. The number of sulfone groups is 1. The van der Waals surface area contributed by atoms with E-state index in [1.807, 2.05) is 0 Å². The van der Waals surface area contributed by atoms with Gasteiger partial charge in [-0.3, -0.25) is 0 Å². The summed E-state index contributed by atoms with van der Waals surface area (Å²) in [5.74, 6) is 0.184. The predicted octanol–water partition coefficient (Wildman–Crippen LogP) is 1.36. The molecule has 5 heteroatoms. The van der Waals surface area contributed by atoms with Gasteiger partial charge in [0, 0.05) is 13.2 Å². The third kappa shape index (κ3) is 5.36. The van der Waals surface area contributed by atoms with E-state index < -0.39 is 9.84 Å². The lowest BCUT2D eigenvalue weighted by Gasteiger charge is -2.16. The first kappa shape index (κ1) is 14.9. The third-order valence-corrected chi connectivity index (χ3v) is 5.42. The van der Waals surface area contributed by atoms with Crippen molar-refractivity contribution in [1.29, 1.82) is 0 Å². The molecule has 1 rings (SSSR count). The molecule has 1 saturated heterocycles. The number of rotatable bonds is 8. The molecule has 1 aliphatic rings. The SMILES string of the molecule is CCCCNCC(C)S(=O)(=O)CC1CCCO1. The summed E-state index contributed by atoms with van der Waals surface area (Å²) in [5.41, 5.74) is 0. The molecule has 1 fully saturated rings. The molecule has 0 aromatic rings. The van der Waals surface area contributed by atoms with Crippen molar-refractivity contribution in [3.05, 3.63) is 0 Å². The fraction of sp³-hybridized carbons (Fsp3) is 1.00. The highest BCUT2D eigenvalue weighted by molar-refractivity contribution is 7.92. The summed E-state index contributed by atoms with van der Waals surface area (Å²) in [5, 5.41) is 2.88. The Labute approximate surface area is 105 Å². The van der Waals surface area contributed by atoms with E-state index in [1.165, 1.54) is 0 Å². The Bertz CT molecular complexity index is 297. The highest BCUT2D eigenvalue weighted by Crippen LogP contribution is 2.16. The summed E-state index contributed by atoms with van der Waals surface area (Å²) in [6.07, 6.45) is 4.03. The van der Waals surface area contributed by atoms with Gasteiger partial charge in [-0.1, -0.05) is 13.3 Å². The second kappa shape index (κ2) is 7.34. The van der Waals surface area contributed by atoms with Crippen LogP contribution in [0, 0.1) is 0 Å². The van der Waals surface area contributed by atoms with Crippen LogP contribution in [-0.4, -0.2) is 45.2 Å². The topological polar surface area (TPSA) is 55.4 Å². The molecule has 0 aliphatic carbocycles.